The third-order valence-electron chi connectivity index (χ3n) is 4.07. The first-order valence-electron chi connectivity index (χ1n) is 7.86. The van der Waals surface area contributed by atoms with Crippen LogP contribution in [0.5, 0.6) is 0 Å². The molecule has 0 spiro atoms. The number of amides is 1. The molecule has 0 radical (unpaired) electrons. The molecule has 2 aromatic rings. The van der Waals surface area contributed by atoms with Crippen LogP contribution < -0.4 is 5.32 Å². The monoisotopic (exact) mass is 314 g/mol. The smallest absolute Gasteiger partial charge is 0.267 e. The maximum Gasteiger partial charge on any atom is 0.267 e. The molecule has 2 heterocycles. The Hall–Kier alpha value is -2.37. The number of aromatic nitrogens is 2. The number of carbonyl (C=O) groups is 1. The number of nitrogens with zero attached hydrogens (tertiary/aromatic N) is 3. The van der Waals surface area contributed by atoms with E-state index in [4.69, 9.17) is 4.84 Å². The van der Waals surface area contributed by atoms with Crippen molar-refractivity contribution < 1.29 is 9.63 Å². The van der Waals surface area contributed by atoms with Crippen molar-refractivity contribution in [2.45, 2.75) is 52.3 Å². The van der Waals surface area contributed by atoms with Crippen molar-refractivity contribution in [3.63, 3.8) is 0 Å². The van der Waals surface area contributed by atoms with Gasteiger partial charge in [0.1, 0.15) is 5.82 Å². The molecule has 1 atom stereocenters. The Balaban J connectivity index is 1.80. The number of para-hydroxylation sites is 2. The number of hydrogen-bond donors (Lipinski definition) is 1. The predicted octanol–water partition coefficient (Wildman–Crippen LogP) is 2.79. The third kappa shape index (κ3) is 2.81. The van der Waals surface area contributed by atoms with Gasteiger partial charge in [-0.25, -0.2) is 4.98 Å². The van der Waals surface area contributed by atoms with Gasteiger partial charge in [-0.05, 0) is 39.8 Å². The number of hydrogen-bond acceptors (Lipinski definition) is 4. The summed E-state index contributed by atoms with van der Waals surface area (Å²) in [4.78, 5) is 22.4. The second kappa shape index (κ2) is 5.68. The van der Waals surface area contributed by atoms with E-state index in [1.807, 2.05) is 31.2 Å². The summed E-state index contributed by atoms with van der Waals surface area (Å²) in [5.74, 6) is 0.675. The first kappa shape index (κ1) is 15.5. The molecule has 0 bridgehead atoms. The molecule has 1 aromatic carbocycles. The summed E-state index contributed by atoms with van der Waals surface area (Å²) in [5.41, 5.74) is 1.93. The van der Waals surface area contributed by atoms with Gasteiger partial charge in [-0.3, -0.25) is 4.79 Å². The van der Waals surface area contributed by atoms with Crippen molar-refractivity contribution in [3.05, 3.63) is 30.1 Å². The van der Waals surface area contributed by atoms with Crippen LogP contribution >= 0.6 is 0 Å². The van der Waals surface area contributed by atoms with Crippen molar-refractivity contribution in [2.24, 2.45) is 5.16 Å². The van der Waals surface area contributed by atoms with E-state index in [2.05, 4.69) is 33.9 Å². The number of carbonyl (C=O) groups excluding carboxylic acids is 1. The van der Waals surface area contributed by atoms with Crippen molar-refractivity contribution >= 4 is 22.7 Å². The molecule has 0 saturated heterocycles. The van der Waals surface area contributed by atoms with Gasteiger partial charge in [-0.2, -0.15) is 0 Å². The molecule has 3 rings (SSSR count). The number of benzene rings is 1. The predicted molar refractivity (Wildman–Crippen MR) is 89.2 cm³/mol. The molecule has 1 amide bonds. The Kier molecular flexibility index (Phi) is 3.83. The maximum atomic E-state index is 12.4. The lowest BCUT2D eigenvalue weighted by molar-refractivity contribution is -0.141. The zero-order valence-corrected chi connectivity index (χ0v) is 14.0. The standard InChI is InChI=1S/C17H22N4O2/c1-11(2)21-14-8-6-5-7-13(14)19-15(21)10-18-16(22)17(4)9-12(3)20-23-17/h5-8,11H,9-10H2,1-4H3,(H,18,22)/t17-/m1/s1. The van der Waals surface area contributed by atoms with Crippen LogP contribution in [0.3, 0.4) is 0 Å². The van der Waals surface area contributed by atoms with Gasteiger partial charge in [0, 0.05) is 12.5 Å². The zero-order chi connectivity index (χ0) is 16.6. The molecule has 1 N–H and O–H groups in total. The largest absolute Gasteiger partial charge is 0.379 e. The molecule has 0 fully saturated rings. The average molecular weight is 314 g/mol. The van der Waals surface area contributed by atoms with E-state index in [0.29, 0.717) is 13.0 Å². The number of rotatable bonds is 4. The first-order chi connectivity index (χ1) is 10.9. The Morgan fingerprint density at radius 2 is 2.17 bits per heavy atom. The van der Waals surface area contributed by atoms with E-state index in [0.717, 1.165) is 22.6 Å². The summed E-state index contributed by atoms with van der Waals surface area (Å²) in [5, 5.41) is 6.82. The summed E-state index contributed by atoms with van der Waals surface area (Å²) >= 11 is 0. The van der Waals surface area contributed by atoms with Gasteiger partial charge in [-0.15, -0.1) is 0 Å². The number of fused-ring (bicyclic) bond motifs is 1. The van der Waals surface area contributed by atoms with Crippen LogP contribution in [0.4, 0.5) is 0 Å². The zero-order valence-electron chi connectivity index (χ0n) is 14.0. The molecular weight excluding hydrogens is 292 g/mol. The highest BCUT2D eigenvalue weighted by Gasteiger charge is 2.40. The van der Waals surface area contributed by atoms with Crippen LogP contribution in [0.2, 0.25) is 0 Å². The van der Waals surface area contributed by atoms with Gasteiger partial charge in [0.15, 0.2) is 0 Å². The fourth-order valence-electron chi connectivity index (χ4n) is 2.99. The Bertz CT molecular complexity index is 778. The van der Waals surface area contributed by atoms with Crippen LogP contribution in [0.25, 0.3) is 11.0 Å². The topological polar surface area (TPSA) is 68.5 Å². The van der Waals surface area contributed by atoms with E-state index in [1.165, 1.54) is 0 Å². The minimum Gasteiger partial charge on any atom is -0.379 e. The van der Waals surface area contributed by atoms with Crippen molar-refractivity contribution in [3.8, 4) is 0 Å². The van der Waals surface area contributed by atoms with Crippen molar-refractivity contribution in [2.75, 3.05) is 0 Å². The molecular formula is C17H22N4O2. The normalized spacial score (nSPS) is 20.7. The average Bonchev–Trinajstić information content (AvgIpc) is 3.05. The molecule has 0 saturated carbocycles. The van der Waals surface area contributed by atoms with Gasteiger partial charge < -0.3 is 14.7 Å². The lowest BCUT2D eigenvalue weighted by atomic mass is 9.99. The van der Waals surface area contributed by atoms with E-state index in [1.54, 1.807) is 6.92 Å². The van der Waals surface area contributed by atoms with Gasteiger partial charge >= 0.3 is 0 Å². The summed E-state index contributed by atoms with van der Waals surface area (Å²) < 4.78 is 2.15. The van der Waals surface area contributed by atoms with Crippen molar-refractivity contribution in [1.82, 2.24) is 14.9 Å². The fourth-order valence-corrected chi connectivity index (χ4v) is 2.99. The molecule has 23 heavy (non-hydrogen) atoms. The van der Waals surface area contributed by atoms with Crippen molar-refractivity contribution in [1.29, 1.82) is 0 Å². The Morgan fingerprint density at radius 1 is 1.43 bits per heavy atom. The molecule has 122 valence electrons. The SMILES string of the molecule is CC1=NO[C@@](C)(C(=O)NCc2nc3ccccc3n2C(C)C)C1. The van der Waals surface area contributed by atoms with Crippen LogP contribution in [0.1, 0.15) is 46.0 Å². The van der Waals surface area contributed by atoms with E-state index < -0.39 is 5.60 Å². The van der Waals surface area contributed by atoms with Crippen LogP contribution in [-0.2, 0) is 16.2 Å². The van der Waals surface area contributed by atoms with E-state index in [-0.39, 0.29) is 11.9 Å². The molecule has 6 heteroatoms. The number of imidazole rings is 1. The molecule has 0 aliphatic carbocycles. The maximum absolute atomic E-state index is 12.4. The molecule has 1 aromatic heterocycles. The third-order valence-corrected chi connectivity index (χ3v) is 4.07. The van der Waals surface area contributed by atoms with Gasteiger partial charge in [0.25, 0.3) is 5.91 Å². The van der Waals surface area contributed by atoms with E-state index in [9.17, 15) is 4.79 Å². The highest BCUT2D eigenvalue weighted by molar-refractivity contribution is 5.94. The minimum absolute atomic E-state index is 0.166. The summed E-state index contributed by atoms with van der Waals surface area (Å²) in [6, 6.07) is 8.26. The summed E-state index contributed by atoms with van der Waals surface area (Å²) in [6.07, 6.45) is 0.513. The lowest BCUT2D eigenvalue weighted by Gasteiger charge is -2.20. The summed E-state index contributed by atoms with van der Waals surface area (Å²) in [7, 11) is 0. The number of nitrogens with one attached hydrogen (secondary N) is 1. The first-order valence-corrected chi connectivity index (χ1v) is 7.86. The highest BCUT2D eigenvalue weighted by Crippen LogP contribution is 2.24. The second-order valence-electron chi connectivity index (χ2n) is 6.49. The van der Waals surface area contributed by atoms with E-state index >= 15 is 0 Å². The van der Waals surface area contributed by atoms with Crippen LogP contribution in [0, 0.1) is 0 Å². The molecule has 0 unspecified atom stereocenters. The second-order valence-corrected chi connectivity index (χ2v) is 6.49. The number of oxime groups is 1. The highest BCUT2D eigenvalue weighted by atomic mass is 16.7. The van der Waals surface area contributed by atoms with Crippen LogP contribution in [0.15, 0.2) is 29.4 Å². The molecule has 1 aliphatic rings. The lowest BCUT2D eigenvalue weighted by Crippen LogP contribution is -2.44. The van der Waals surface area contributed by atoms with Crippen LogP contribution in [-0.4, -0.2) is 26.8 Å². The fraction of sp³-hybridized carbons (Fsp3) is 0.471. The Morgan fingerprint density at radius 3 is 2.83 bits per heavy atom. The van der Waals surface area contributed by atoms with Gasteiger partial charge in [0.05, 0.1) is 23.3 Å². The molecule has 1 aliphatic heterocycles. The van der Waals surface area contributed by atoms with Gasteiger partial charge in [-0.1, -0.05) is 17.3 Å². The minimum atomic E-state index is -0.918. The van der Waals surface area contributed by atoms with Gasteiger partial charge in [0.2, 0.25) is 5.60 Å². The Labute approximate surface area is 135 Å². The molecule has 6 nitrogen and oxygen atoms in total. The quantitative estimate of drug-likeness (QED) is 0.943. The summed E-state index contributed by atoms with van der Waals surface area (Å²) in [6.45, 7) is 8.20.